The summed E-state index contributed by atoms with van der Waals surface area (Å²) in [6, 6.07) is 7.36. The van der Waals surface area contributed by atoms with Gasteiger partial charge in [0.1, 0.15) is 0 Å². The van der Waals surface area contributed by atoms with Crippen LogP contribution in [0.2, 0.25) is 0 Å². The Kier molecular flexibility index (Phi) is 5.87. The molecule has 1 aromatic rings. The van der Waals surface area contributed by atoms with Crippen molar-refractivity contribution in [2.75, 3.05) is 24.7 Å². The lowest BCUT2D eigenvalue weighted by atomic mass is 10.0. The number of ether oxygens (including phenoxy) is 1. The van der Waals surface area contributed by atoms with Gasteiger partial charge in [0.25, 0.3) is 0 Å². The summed E-state index contributed by atoms with van der Waals surface area (Å²) in [6.45, 7) is 6.95. The van der Waals surface area contributed by atoms with E-state index in [0.29, 0.717) is 6.04 Å². The molecule has 4 heteroatoms. The van der Waals surface area contributed by atoms with Crippen LogP contribution in [0.4, 0.5) is 5.69 Å². The summed E-state index contributed by atoms with van der Waals surface area (Å²) < 4.78 is 6.75. The Balaban J connectivity index is 2.16. The molecule has 2 atom stereocenters. The zero-order valence-corrected chi connectivity index (χ0v) is 14.0. The molecule has 0 aliphatic carbocycles. The highest BCUT2D eigenvalue weighted by molar-refractivity contribution is 9.10. The molecular formula is C16H25BrN2O. The maximum Gasteiger partial charge on any atom is 0.0670 e. The van der Waals surface area contributed by atoms with Crippen molar-refractivity contribution in [3.63, 3.8) is 0 Å². The molecule has 1 aromatic carbocycles. The lowest BCUT2D eigenvalue weighted by Gasteiger charge is -2.37. The third-order valence-electron chi connectivity index (χ3n) is 4.04. The van der Waals surface area contributed by atoms with Gasteiger partial charge in [-0.3, -0.25) is 0 Å². The summed E-state index contributed by atoms with van der Waals surface area (Å²) in [6.07, 6.45) is 3.06. The predicted octanol–water partition coefficient (Wildman–Crippen LogP) is 3.34. The van der Waals surface area contributed by atoms with Crippen LogP contribution in [-0.4, -0.2) is 31.8 Å². The highest BCUT2D eigenvalue weighted by Crippen LogP contribution is 2.31. The minimum atomic E-state index is 0.250. The van der Waals surface area contributed by atoms with E-state index >= 15 is 0 Å². The molecule has 0 saturated carbocycles. The van der Waals surface area contributed by atoms with Gasteiger partial charge in [0.15, 0.2) is 0 Å². The Morgan fingerprint density at radius 3 is 2.90 bits per heavy atom. The number of hydrogen-bond donors (Lipinski definition) is 1. The lowest BCUT2D eigenvalue weighted by molar-refractivity contribution is 0.0929. The quantitative estimate of drug-likeness (QED) is 0.893. The van der Waals surface area contributed by atoms with Gasteiger partial charge >= 0.3 is 0 Å². The Morgan fingerprint density at radius 1 is 1.45 bits per heavy atom. The lowest BCUT2D eigenvalue weighted by Crippen LogP contribution is -2.45. The summed E-state index contributed by atoms with van der Waals surface area (Å²) in [5.41, 5.74) is 8.61. The molecule has 2 unspecified atom stereocenters. The van der Waals surface area contributed by atoms with E-state index in [1.807, 2.05) is 0 Å². The average molecular weight is 341 g/mol. The van der Waals surface area contributed by atoms with Crippen LogP contribution in [0.1, 0.15) is 32.3 Å². The third kappa shape index (κ3) is 3.74. The normalized spacial score (nSPS) is 21.0. The first-order chi connectivity index (χ1) is 9.65. The topological polar surface area (TPSA) is 38.5 Å². The van der Waals surface area contributed by atoms with Gasteiger partial charge in [-0.1, -0.05) is 19.9 Å². The van der Waals surface area contributed by atoms with Crippen molar-refractivity contribution in [2.24, 2.45) is 5.73 Å². The summed E-state index contributed by atoms with van der Waals surface area (Å²) in [5.74, 6) is 0. The van der Waals surface area contributed by atoms with Gasteiger partial charge in [-0.15, -0.1) is 0 Å². The summed E-state index contributed by atoms with van der Waals surface area (Å²) in [4.78, 5) is 2.46. The van der Waals surface area contributed by atoms with Crippen molar-refractivity contribution in [2.45, 2.75) is 45.2 Å². The molecule has 3 nitrogen and oxygen atoms in total. The molecule has 0 bridgehead atoms. The number of halogens is 1. The Labute approximate surface area is 130 Å². The Morgan fingerprint density at radius 2 is 2.25 bits per heavy atom. The van der Waals surface area contributed by atoms with Gasteiger partial charge in [0.2, 0.25) is 0 Å². The maximum atomic E-state index is 6.04. The van der Waals surface area contributed by atoms with E-state index in [1.54, 1.807) is 0 Å². The largest absolute Gasteiger partial charge is 0.377 e. The second-order valence-corrected chi connectivity index (χ2v) is 6.34. The number of morpholine rings is 1. The van der Waals surface area contributed by atoms with Crippen molar-refractivity contribution in [3.05, 3.63) is 28.2 Å². The van der Waals surface area contributed by atoms with E-state index < -0.39 is 0 Å². The Hall–Kier alpha value is -0.580. The highest BCUT2D eigenvalue weighted by Gasteiger charge is 2.23. The molecule has 0 aromatic heterocycles. The summed E-state index contributed by atoms with van der Waals surface area (Å²) in [5, 5.41) is 0. The molecule has 1 saturated heterocycles. The molecule has 2 N–H and O–H groups in total. The molecule has 0 radical (unpaired) electrons. The zero-order chi connectivity index (χ0) is 14.5. The third-order valence-corrected chi connectivity index (χ3v) is 4.68. The first-order valence-corrected chi connectivity index (χ1v) is 8.33. The number of nitrogens with zero attached hydrogens (tertiary/aromatic N) is 1. The van der Waals surface area contributed by atoms with Crippen molar-refractivity contribution in [1.82, 2.24) is 0 Å². The summed E-state index contributed by atoms with van der Waals surface area (Å²) in [7, 11) is 0. The van der Waals surface area contributed by atoms with Gasteiger partial charge in [-0.05, 0) is 52.9 Å². The predicted molar refractivity (Wildman–Crippen MR) is 88.4 cm³/mol. The average Bonchev–Trinajstić information content (AvgIpc) is 2.47. The van der Waals surface area contributed by atoms with Gasteiger partial charge < -0.3 is 15.4 Å². The minimum absolute atomic E-state index is 0.250. The van der Waals surface area contributed by atoms with Gasteiger partial charge in [0, 0.05) is 17.1 Å². The van der Waals surface area contributed by atoms with Crippen LogP contribution in [0.15, 0.2) is 22.7 Å². The number of anilines is 1. The fourth-order valence-electron chi connectivity index (χ4n) is 2.67. The van der Waals surface area contributed by atoms with Crippen molar-refractivity contribution < 1.29 is 4.74 Å². The van der Waals surface area contributed by atoms with E-state index in [9.17, 15) is 0 Å². The zero-order valence-electron chi connectivity index (χ0n) is 12.4. The molecule has 1 aliphatic rings. The fraction of sp³-hybridized carbons (Fsp3) is 0.625. The fourth-order valence-corrected chi connectivity index (χ4v) is 3.32. The van der Waals surface area contributed by atoms with Gasteiger partial charge in [0.05, 0.1) is 24.9 Å². The number of hydrogen-bond acceptors (Lipinski definition) is 3. The number of rotatable bonds is 5. The standard InChI is InChI=1S/C16H25BrN2O/c1-3-13(18)9-12-5-6-16(15(17)10-12)19-7-8-20-11-14(19)4-2/h5-6,10,13-14H,3-4,7-9,11,18H2,1-2H3. The van der Waals surface area contributed by atoms with Crippen LogP contribution in [0.25, 0.3) is 0 Å². The molecule has 20 heavy (non-hydrogen) atoms. The van der Waals surface area contributed by atoms with Gasteiger partial charge in [-0.2, -0.15) is 0 Å². The second kappa shape index (κ2) is 7.43. The molecule has 2 rings (SSSR count). The van der Waals surface area contributed by atoms with E-state index in [4.69, 9.17) is 10.5 Å². The van der Waals surface area contributed by atoms with Crippen LogP contribution < -0.4 is 10.6 Å². The minimum Gasteiger partial charge on any atom is -0.377 e. The van der Waals surface area contributed by atoms with Crippen LogP contribution >= 0.6 is 15.9 Å². The van der Waals surface area contributed by atoms with Gasteiger partial charge in [-0.25, -0.2) is 0 Å². The molecule has 1 aliphatic heterocycles. The molecule has 0 spiro atoms. The van der Waals surface area contributed by atoms with E-state index in [2.05, 4.69) is 52.9 Å². The molecular weight excluding hydrogens is 316 g/mol. The van der Waals surface area contributed by atoms with Crippen molar-refractivity contribution >= 4 is 21.6 Å². The first-order valence-electron chi connectivity index (χ1n) is 7.54. The van der Waals surface area contributed by atoms with Crippen LogP contribution in [0, 0.1) is 0 Å². The smallest absolute Gasteiger partial charge is 0.0670 e. The molecule has 0 amide bonds. The maximum absolute atomic E-state index is 6.04. The van der Waals surface area contributed by atoms with Crippen LogP contribution in [-0.2, 0) is 11.2 Å². The van der Waals surface area contributed by atoms with E-state index in [1.165, 1.54) is 15.7 Å². The second-order valence-electron chi connectivity index (χ2n) is 5.49. The number of nitrogens with two attached hydrogens (primary N) is 1. The van der Waals surface area contributed by atoms with Crippen LogP contribution in [0.5, 0.6) is 0 Å². The number of benzene rings is 1. The molecule has 112 valence electrons. The van der Waals surface area contributed by atoms with E-state index in [-0.39, 0.29) is 6.04 Å². The highest BCUT2D eigenvalue weighted by atomic mass is 79.9. The Bertz CT molecular complexity index is 438. The van der Waals surface area contributed by atoms with Crippen LogP contribution in [0.3, 0.4) is 0 Å². The first kappa shape index (κ1) is 15.8. The van der Waals surface area contributed by atoms with Crippen molar-refractivity contribution in [3.8, 4) is 0 Å². The monoisotopic (exact) mass is 340 g/mol. The summed E-state index contributed by atoms with van der Waals surface area (Å²) >= 11 is 3.73. The molecule has 1 heterocycles. The SMILES string of the molecule is CCC(N)Cc1ccc(N2CCOCC2CC)c(Br)c1. The van der Waals surface area contributed by atoms with Crippen molar-refractivity contribution in [1.29, 1.82) is 0 Å². The molecule has 1 fully saturated rings. The van der Waals surface area contributed by atoms with E-state index in [0.717, 1.165) is 39.0 Å².